The molecule has 0 aliphatic carbocycles. The van der Waals surface area contributed by atoms with E-state index >= 15 is 0 Å². The second-order valence-corrected chi connectivity index (χ2v) is 6.48. The number of hydrogen-bond acceptors (Lipinski definition) is 4. The lowest BCUT2D eigenvalue weighted by Gasteiger charge is -2.12. The first kappa shape index (κ1) is 20.9. The molecule has 0 unspecified atom stereocenters. The first-order chi connectivity index (χ1) is 12.9. The number of nitrogen functional groups attached to an aromatic ring is 1. The standard InChI is InChI=1S/C18H16F3N3S.C2H6/c1-2-3-13-8-11(6-7-23-13)17-24-16(10-25-17)14-5-4-12(22)9-15(14)18(19,20)21;1-2/h4-10H,2-3,22H2,1H3;1-2H3. The van der Waals surface area contributed by atoms with Crippen molar-refractivity contribution in [1.29, 1.82) is 0 Å². The van der Waals surface area contributed by atoms with Crippen molar-refractivity contribution in [2.24, 2.45) is 0 Å². The van der Waals surface area contributed by atoms with E-state index in [0.717, 1.165) is 30.2 Å². The van der Waals surface area contributed by atoms with Crippen LogP contribution in [-0.2, 0) is 12.6 Å². The van der Waals surface area contributed by atoms with Gasteiger partial charge in [0, 0.05) is 34.1 Å². The molecule has 0 spiro atoms. The smallest absolute Gasteiger partial charge is 0.399 e. The number of nitrogens with two attached hydrogens (primary N) is 1. The number of pyridine rings is 1. The number of aryl methyl sites for hydroxylation is 1. The van der Waals surface area contributed by atoms with Crippen molar-refractivity contribution in [3.8, 4) is 21.8 Å². The first-order valence-electron chi connectivity index (χ1n) is 8.76. The molecule has 0 saturated heterocycles. The van der Waals surface area contributed by atoms with E-state index in [9.17, 15) is 13.2 Å². The van der Waals surface area contributed by atoms with Gasteiger partial charge in [0.1, 0.15) is 5.01 Å². The number of nitrogens with zero attached hydrogens (tertiary/aromatic N) is 2. The Balaban J connectivity index is 0.00000126. The lowest BCUT2D eigenvalue weighted by Crippen LogP contribution is -2.08. The van der Waals surface area contributed by atoms with Crippen LogP contribution in [0.3, 0.4) is 0 Å². The molecule has 2 N–H and O–H groups in total. The van der Waals surface area contributed by atoms with Gasteiger partial charge in [-0.25, -0.2) is 4.98 Å². The predicted octanol–water partition coefficient (Wildman–Crippen LogP) is 6.45. The fraction of sp³-hybridized carbons (Fsp3) is 0.300. The Bertz CT molecular complexity index is 888. The summed E-state index contributed by atoms with van der Waals surface area (Å²) in [6, 6.07) is 7.51. The minimum Gasteiger partial charge on any atom is -0.399 e. The van der Waals surface area contributed by atoms with Crippen molar-refractivity contribution in [2.45, 2.75) is 39.8 Å². The van der Waals surface area contributed by atoms with Crippen LogP contribution in [0.15, 0.2) is 41.9 Å². The fourth-order valence-electron chi connectivity index (χ4n) is 2.55. The highest BCUT2D eigenvalue weighted by Crippen LogP contribution is 2.39. The maximum Gasteiger partial charge on any atom is 0.417 e. The Morgan fingerprint density at radius 2 is 1.85 bits per heavy atom. The maximum absolute atomic E-state index is 13.3. The Morgan fingerprint density at radius 1 is 1.11 bits per heavy atom. The summed E-state index contributed by atoms with van der Waals surface area (Å²) in [5, 5.41) is 2.30. The summed E-state index contributed by atoms with van der Waals surface area (Å²) in [6.45, 7) is 6.07. The van der Waals surface area contributed by atoms with Crippen LogP contribution in [0.1, 0.15) is 38.4 Å². The van der Waals surface area contributed by atoms with Gasteiger partial charge in [0.15, 0.2) is 0 Å². The average molecular weight is 393 g/mol. The highest BCUT2D eigenvalue weighted by atomic mass is 32.1. The molecule has 144 valence electrons. The molecule has 0 saturated carbocycles. The van der Waals surface area contributed by atoms with Crippen molar-refractivity contribution in [1.82, 2.24) is 9.97 Å². The van der Waals surface area contributed by atoms with E-state index in [1.54, 1.807) is 11.6 Å². The highest BCUT2D eigenvalue weighted by molar-refractivity contribution is 7.13. The molecular weight excluding hydrogens is 371 g/mol. The Hall–Kier alpha value is -2.41. The van der Waals surface area contributed by atoms with Crippen molar-refractivity contribution in [3.05, 3.63) is 53.2 Å². The first-order valence-corrected chi connectivity index (χ1v) is 9.64. The van der Waals surface area contributed by atoms with Crippen LogP contribution in [0.5, 0.6) is 0 Å². The lowest BCUT2D eigenvalue weighted by molar-refractivity contribution is -0.137. The van der Waals surface area contributed by atoms with Crippen LogP contribution in [-0.4, -0.2) is 9.97 Å². The van der Waals surface area contributed by atoms with Gasteiger partial charge < -0.3 is 5.73 Å². The number of hydrogen-bond donors (Lipinski definition) is 1. The monoisotopic (exact) mass is 393 g/mol. The number of anilines is 1. The zero-order valence-electron chi connectivity index (χ0n) is 15.5. The number of halogens is 3. The fourth-order valence-corrected chi connectivity index (χ4v) is 3.37. The van der Waals surface area contributed by atoms with E-state index in [2.05, 4.69) is 16.9 Å². The second kappa shape index (κ2) is 8.99. The van der Waals surface area contributed by atoms with E-state index in [0.29, 0.717) is 10.7 Å². The molecule has 0 radical (unpaired) electrons. The van der Waals surface area contributed by atoms with E-state index in [-0.39, 0.29) is 11.3 Å². The van der Waals surface area contributed by atoms with Gasteiger partial charge in [-0.05, 0) is 30.7 Å². The van der Waals surface area contributed by atoms with Gasteiger partial charge in [-0.3, -0.25) is 4.98 Å². The molecule has 0 amide bonds. The summed E-state index contributed by atoms with van der Waals surface area (Å²) in [5.74, 6) is 0. The quantitative estimate of drug-likeness (QED) is 0.518. The Kier molecular flexibility index (Phi) is 6.96. The molecule has 0 aliphatic rings. The predicted molar refractivity (Wildman–Crippen MR) is 106 cm³/mol. The van der Waals surface area contributed by atoms with Gasteiger partial charge in [0.05, 0.1) is 11.3 Å². The summed E-state index contributed by atoms with van der Waals surface area (Å²) in [7, 11) is 0. The molecule has 2 heterocycles. The summed E-state index contributed by atoms with van der Waals surface area (Å²) in [4.78, 5) is 8.70. The Labute approximate surface area is 161 Å². The third-order valence-electron chi connectivity index (χ3n) is 3.70. The molecular formula is C20H22F3N3S. The van der Waals surface area contributed by atoms with Crippen LogP contribution in [0.25, 0.3) is 21.8 Å². The molecule has 0 fully saturated rings. The van der Waals surface area contributed by atoms with Crippen LogP contribution in [0, 0.1) is 0 Å². The molecule has 0 atom stereocenters. The molecule has 0 aliphatic heterocycles. The summed E-state index contributed by atoms with van der Waals surface area (Å²) >= 11 is 1.31. The lowest BCUT2D eigenvalue weighted by atomic mass is 10.0. The van der Waals surface area contributed by atoms with Crippen molar-refractivity contribution in [2.75, 3.05) is 5.73 Å². The van der Waals surface area contributed by atoms with E-state index in [1.807, 2.05) is 26.0 Å². The normalized spacial score (nSPS) is 11.0. The second-order valence-electron chi connectivity index (χ2n) is 5.63. The van der Waals surface area contributed by atoms with E-state index < -0.39 is 11.7 Å². The number of benzene rings is 1. The zero-order chi connectivity index (χ0) is 20.0. The van der Waals surface area contributed by atoms with Crippen LogP contribution in [0.2, 0.25) is 0 Å². The summed E-state index contributed by atoms with van der Waals surface area (Å²) in [6.07, 6.45) is -0.965. The summed E-state index contributed by atoms with van der Waals surface area (Å²) in [5.41, 5.74) is 6.95. The van der Waals surface area contributed by atoms with Gasteiger partial charge >= 0.3 is 6.18 Å². The molecule has 27 heavy (non-hydrogen) atoms. The highest BCUT2D eigenvalue weighted by Gasteiger charge is 2.34. The minimum atomic E-state index is -4.49. The van der Waals surface area contributed by atoms with Crippen molar-refractivity contribution < 1.29 is 13.2 Å². The number of rotatable bonds is 4. The largest absolute Gasteiger partial charge is 0.417 e. The molecule has 2 aromatic heterocycles. The third-order valence-corrected chi connectivity index (χ3v) is 4.59. The summed E-state index contributed by atoms with van der Waals surface area (Å²) < 4.78 is 39.9. The van der Waals surface area contributed by atoms with Gasteiger partial charge in [0.2, 0.25) is 0 Å². The van der Waals surface area contributed by atoms with Crippen molar-refractivity contribution in [3.63, 3.8) is 0 Å². The van der Waals surface area contributed by atoms with Gasteiger partial charge in [0.25, 0.3) is 0 Å². The number of alkyl halides is 3. The zero-order valence-corrected chi connectivity index (χ0v) is 16.3. The molecule has 3 aromatic rings. The molecule has 0 bridgehead atoms. The van der Waals surface area contributed by atoms with Crippen LogP contribution in [0.4, 0.5) is 18.9 Å². The molecule has 1 aromatic carbocycles. The SMILES string of the molecule is CC.CCCc1cc(-c2nc(-c3ccc(N)cc3C(F)(F)F)cs2)ccn1. The third kappa shape index (κ3) is 5.07. The molecule has 3 nitrogen and oxygen atoms in total. The number of thiazole rings is 1. The van der Waals surface area contributed by atoms with Gasteiger partial charge in [-0.15, -0.1) is 11.3 Å². The molecule has 3 rings (SSSR count). The topological polar surface area (TPSA) is 51.8 Å². The number of aromatic nitrogens is 2. The average Bonchev–Trinajstić information content (AvgIpc) is 3.13. The van der Waals surface area contributed by atoms with E-state index in [4.69, 9.17) is 5.73 Å². The van der Waals surface area contributed by atoms with Crippen LogP contribution >= 0.6 is 11.3 Å². The Morgan fingerprint density at radius 3 is 2.52 bits per heavy atom. The van der Waals surface area contributed by atoms with Crippen LogP contribution < -0.4 is 5.73 Å². The van der Waals surface area contributed by atoms with Gasteiger partial charge in [-0.2, -0.15) is 13.2 Å². The van der Waals surface area contributed by atoms with E-state index in [1.165, 1.54) is 23.5 Å². The van der Waals surface area contributed by atoms with Gasteiger partial charge in [-0.1, -0.05) is 33.3 Å². The van der Waals surface area contributed by atoms with Crippen molar-refractivity contribution >= 4 is 17.0 Å². The molecule has 7 heteroatoms. The minimum absolute atomic E-state index is 0.0343. The maximum atomic E-state index is 13.3.